The van der Waals surface area contributed by atoms with Gasteiger partial charge in [-0.2, -0.15) is 0 Å². The lowest BCUT2D eigenvalue weighted by Gasteiger charge is -2.30. The van der Waals surface area contributed by atoms with Gasteiger partial charge in [-0.15, -0.1) is 12.4 Å². The summed E-state index contributed by atoms with van der Waals surface area (Å²) in [4.78, 5) is 12.4. The molecule has 3 nitrogen and oxygen atoms in total. The van der Waals surface area contributed by atoms with Crippen molar-refractivity contribution in [3.63, 3.8) is 0 Å². The first-order valence-corrected chi connectivity index (χ1v) is 8.18. The number of carbonyl (C=O) groups is 1. The molecular weight excluding hydrogens is 352 g/mol. The topological polar surface area (TPSA) is 55.1 Å². The third-order valence-electron chi connectivity index (χ3n) is 4.16. The smallest absolute Gasteiger partial charge is 0.252 e. The summed E-state index contributed by atoms with van der Waals surface area (Å²) < 4.78 is 0.842. The summed E-state index contributed by atoms with van der Waals surface area (Å²) in [7, 11) is 0. The highest BCUT2D eigenvalue weighted by Crippen LogP contribution is 2.26. The fraction of sp³-hybridized carbons (Fsp3) is 0.562. The maximum absolute atomic E-state index is 12.4. The summed E-state index contributed by atoms with van der Waals surface area (Å²) in [5, 5.41) is 3.12. The second-order valence-corrected chi connectivity index (χ2v) is 6.55. The number of hydrogen-bond acceptors (Lipinski definition) is 2. The minimum Gasteiger partial charge on any atom is -0.348 e. The molecule has 1 atom stereocenters. The monoisotopic (exact) mass is 374 g/mol. The number of hydrogen-bond donors (Lipinski definition) is 2. The van der Waals surface area contributed by atoms with Crippen LogP contribution in [0.1, 0.15) is 48.0 Å². The zero-order chi connectivity index (χ0) is 14.5. The summed E-state index contributed by atoms with van der Waals surface area (Å²) >= 11 is 3.46. The average Bonchev–Trinajstić information content (AvgIpc) is 2.45. The number of nitrogens with one attached hydrogen (secondary N) is 1. The maximum atomic E-state index is 12.4. The van der Waals surface area contributed by atoms with Crippen LogP contribution in [0.5, 0.6) is 0 Å². The molecule has 2 rings (SSSR count). The lowest BCUT2D eigenvalue weighted by molar-refractivity contribution is 0.0915. The van der Waals surface area contributed by atoms with Crippen molar-refractivity contribution in [2.75, 3.05) is 6.54 Å². The standard InChI is InChI=1S/C16H23BrN2O.ClH/c1-11-7-8-13(14(17)9-11)16(20)19-15(10-18)12-5-3-2-4-6-12;/h7-9,12,15H,2-6,10,18H2,1H3,(H,19,20);1H. The van der Waals surface area contributed by atoms with Gasteiger partial charge in [-0.25, -0.2) is 0 Å². The van der Waals surface area contributed by atoms with Crippen molar-refractivity contribution in [2.24, 2.45) is 11.7 Å². The fourth-order valence-electron chi connectivity index (χ4n) is 2.96. The second kappa shape index (κ2) is 8.76. The molecule has 0 radical (unpaired) electrons. The molecule has 0 heterocycles. The van der Waals surface area contributed by atoms with Crippen molar-refractivity contribution < 1.29 is 4.79 Å². The van der Waals surface area contributed by atoms with Gasteiger partial charge in [0.15, 0.2) is 0 Å². The Morgan fingerprint density at radius 3 is 2.62 bits per heavy atom. The number of rotatable bonds is 4. The Hall–Kier alpha value is -0.580. The Balaban J connectivity index is 0.00000220. The largest absolute Gasteiger partial charge is 0.348 e. The molecule has 1 unspecified atom stereocenters. The number of benzene rings is 1. The third-order valence-corrected chi connectivity index (χ3v) is 4.81. The first kappa shape index (κ1) is 18.5. The quantitative estimate of drug-likeness (QED) is 0.840. The van der Waals surface area contributed by atoms with Gasteiger partial charge < -0.3 is 11.1 Å². The number of amides is 1. The van der Waals surface area contributed by atoms with E-state index in [0.717, 1.165) is 10.0 Å². The predicted molar refractivity (Wildman–Crippen MR) is 93.0 cm³/mol. The maximum Gasteiger partial charge on any atom is 0.252 e. The summed E-state index contributed by atoms with van der Waals surface area (Å²) in [5.74, 6) is 0.500. The molecule has 3 N–H and O–H groups in total. The van der Waals surface area contributed by atoms with Crippen molar-refractivity contribution in [1.29, 1.82) is 0 Å². The van der Waals surface area contributed by atoms with Crippen LogP contribution in [0.3, 0.4) is 0 Å². The number of carbonyl (C=O) groups excluding carboxylic acids is 1. The molecule has 0 saturated heterocycles. The van der Waals surface area contributed by atoms with Gasteiger partial charge in [-0.1, -0.05) is 25.3 Å². The molecule has 0 bridgehead atoms. The van der Waals surface area contributed by atoms with E-state index < -0.39 is 0 Å². The lowest BCUT2D eigenvalue weighted by atomic mass is 9.84. The molecule has 0 spiro atoms. The first-order valence-electron chi connectivity index (χ1n) is 7.39. The summed E-state index contributed by atoms with van der Waals surface area (Å²) in [6.07, 6.45) is 6.18. The molecule has 1 fully saturated rings. The van der Waals surface area contributed by atoms with Gasteiger partial charge >= 0.3 is 0 Å². The van der Waals surface area contributed by atoms with E-state index in [1.165, 1.54) is 32.1 Å². The van der Waals surface area contributed by atoms with E-state index in [1.54, 1.807) is 0 Å². The van der Waals surface area contributed by atoms with Gasteiger partial charge in [0.05, 0.1) is 5.56 Å². The summed E-state index contributed by atoms with van der Waals surface area (Å²) in [5.41, 5.74) is 7.69. The van der Waals surface area contributed by atoms with Gasteiger partial charge in [-0.05, 0) is 59.3 Å². The van der Waals surface area contributed by atoms with E-state index in [1.807, 2.05) is 25.1 Å². The van der Waals surface area contributed by atoms with Crippen LogP contribution in [-0.4, -0.2) is 18.5 Å². The molecule has 21 heavy (non-hydrogen) atoms. The Morgan fingerprint density at radius 1 is 1.38 bits per heavy atom. The SMILES string of the molecule is Cc1ccc(C(=O)NC(CN)C2CCCCC2)c(Br)c1.Cl. The van der Waals surface area contributed by atoms with Gasteiger partial charge in [-0.3, -0.25) is 4.79 Å². The lowest BCUT2D eigenvalue weighted by Crippen LogP contribution is -2.46. The molecule has 1 aromatic carbocycles. The number of halogens is 2. The van der Waals surface area contributed by atoms with Crippen LogP contribution in [0.4, 0.5) is 0 Å². The van der Waals surface area contributed by atoms with Crippen LogP contribution in [0.15, 0.2) is 22.7 Å². The van der Waals surface area contributed by atoms with Crippen molar-refractivity contribution >= 4 is 34.2 Å². The van der Waals surface area contributed by atoms with Gasteiger partial charge in [0.1, 0.15) is 0 Å². The highest BCUT2D eigenvalue weighted by atomic mass is 79.9. The Bertz CT molecular complexity index is 475. The summed E-state index contributed by atoms with van der Waals surface area (Å²) in [6.45, 7) is 2.52. The van der Waals surface area contributed by atoms with Crippen LogP contribution in [0.25, 0.3) is 0 Å². The predicted octanol–water partition coefficient (Wildman–Crippen LogP) is 3.82. The Kier molecular flexibility index (Phi) is 7.71. The molecule has 1 aromatic rings. The average molecular weight is 376 g/mol. The fourth-order valence-corrected chi connectivity index (χ4v) is 3.63. The Morgan fingerprint density at radius 2 is 2.05 bits per heavy atom. The van der Waals surface area contributed by atoms with E-state index in [9.17, 15) is 4.79 Å². The van der Waals surface area contributed by atoms with Crippen LogP contribution in [-0.2, 0) is 0 Å². The van der Waals surface area contributed by atoms with Crippen LogP contribution in [0, 0.1) is 12.8 Å². The molecule has 1 amide bonds. The molecular formula is C16H24BrClN2O. The molecule has 5 heteroatoms. The molecule has 0 aromatic heterocycles. The third kappa shape index (κ3) is 4.97. The van der Waals surface area contributed by atoms with E-state index in [0.29, 0.717) is 18.0 Å². The van der Waals surface area contributed by atoms with Crippen molar-refractivity contribution in [2.45, 2.75) is 45.1 Å². The molecule has 1 aliphatic rings. The van der Waals surface area contributed by atoms with Crippen LogP contribution in [0.2, 0.25) is 0 Å². The van der Waals surface area contributed by atoms with E-state index >= 15 is 0 Å². The highest BCUT2D eigenvalue weighted by Gasteiger charge is 2.24. The highest BCUT2D eigenvalue weighted by molar-refractivity contribution is 9.10. The molecule has 1 saturated carbocycles. The van der Waals surface area contributed by atoms with Crippen LogP contribution < -0.4 is 11.1 Å². The normalized spacial score (nSPS) is 16.9. The van der Waals surface area contributed by atoms with E-state index in [-0.39, 0.29) is 24.4 Å². The molecule has 1 aliphatic carbocycles. The van der Waals surface area contributed by atoms with Crippen molar-refractivity contribution in [3.05, 3.63) is 33.8 Å². The minimum absolute atomic E-state index is 0. The number of aryl methyl sites for hydroxylation is 1. The minimum atomic E-state index is -0.0297. The van der Waals surface area contributed by atoms with Gasteiger partial charge in [0.25, 0.3) is 5.91 Å². The first-order chi connectivity index (χ1) is 9.61. The molecule has 118 valence electrons. The van der Waals surface area contributed by atoms with Crippen LogP contribution >= 0.6 is 28.3 Å². The zero-order valence-corrected chi connectivity index (χ0v) is 14.8. The van der Waals surface area contributed by atoms with E-state index in [4.69, 9.17) is 5.73 Å². The van der Waals surface area contributed by atoms with Crippen molar-refractivity contribution in [1.82, 2.24) is 5.32 Å². The zero-order valence-electron chi connectivity index (χ0n) is 12.4. The van der Waals surface area contributed by atoms with Gasteiger partial charge in [0, 0.05) is 17.1 Å². The van der Waals surface area contributed by atoms with Gasteiger partial charge in [0.2, 0.25) is 0 Å². The summed E-state index contributed by atoms with van der Waals surface area (Å²) in [6, 6.07) is 5.88. The second-order valence-electron chi connectivity index (χ2n) is 5.70. The van der Waals surface area contributed by atoms with Crippen molar-refractivity contribution in [3.8, 4) is 0 Å². The Labute approximate surface area is 141 Å². The number of nitrogens with two attached hydrogens (primary N) is 1. The van der Waals surface area contributed by atoms with E-state index in [2.05, 4.69) is 21.2 Å². The molecule has 0 aliphatic heterocycles.